The molecule has 3 unspecified atom stereocenters. The third-order valence-electron chi connectivity index (χ3n) is 11.6. The van der Waals surface area contributed by atoms with Gasteiger partial charge in [0.25, 0.3) is 17.5 Å². The third-order valence-corrected chi connectivity index (χ3v) is 14.6. The van der Waals surface area contributed by atoms with Crippen LogP contribution >= 0.6 is 0 Å². The zero-order valence-electron chi connectivity index (χ0n) is 33.4. The molecule has 3 atom stereocenters. The number of carbonyl (C=O) groups is 5. The molecule has 0 aromatic carbocycles. The van der Waals surface area contributed by atoms with Gasteiger partial charge in [-0.1, -0.05) is 53.9 Å². The SMILES string of the molecule is CC(C)C(C)(C)S(=O)(=O)CC1(NC(=O)NC(C(=O)N2CCCC2C(=O)NC(C(=O)C(=O)NC2CC2)C(O)(O)C(O)(O)C(O)(O)C(O)(O)O)C(C)(C)C)CCCCC1. The summed E-state index contributed by atoms with van der Waals surface area (Å²) in [6, 6.07) is -7.62. The summed E-state index contributed by atoms with van der Waals surface area (Å²) in [7, 11) is -3.77. The van der Waals surface area contributed by atoms with Crippen molar-refractivity contribution in [1.82, 2.24) is 26.2 Å². The van der Waals surface area contributed by atoms with Gasteiger partial charge in [-0.25, -0.2) is 13.2 Å². The van der Waals surface area contributed by atoms with Crippen LogP contribution in [0.4, 0.5) is 4.79 Å². The van der Waals surface area contributed by atoms with E-state index in [4.69, 9.17) is 0 Å². The summed E-state index contributed by atoms with van der Waals surface area (Å²) in [5, 5.41) is 99.9. The van der Waals surface area contributed by atoms with Crippen LogP contribution in [0, 0.1) is 11.3 Å². The number of likely N-dealkylation sites (tertiary alicyclic amines) is 1. The van der Waals surface area contributed by atoms with Crippen LogP contribution in [0.15, 0.2) is 0 Å². The van der Waals surface area contributed by atoms with Crippen molar-refractivity contribution in [3.8, 4) is 0 Å². The standard InChI is InChI=1S/C35H61N5O16S/c1-19(2)30(6,7)57(55,56)18-31(15-9-8-10-16-31)39-28(45)38-24(29(3,4)5)27(44)40-17-11-12-21(40)25(42)37-23(22(41)26(43)36-20-13-14-20)32(46,47)33(48,49)34(50,51)35(52,53)54/h19-21,23-24,46-54H,8-18H2,1-7H3,(H,36,43)(H,37,42)(H2,38,39,45). The van der Waals surface area contributed by atoms with Crippen LogP contribution in [0.3, 0.4) is 0 Å². The van der Waals surface area contributed by atoms with Crippen molar-refractivity contribution in [1.29, 1.82) is 0 Å². The first-order valence-electron chi connectivity index (χ1n) is 18.9. The lowest BCUT2D eigenvalue weighted by Gasteiger charge is -2.47. The monoisotopic (exact) mass is 839 g/mol. The minimum atomic E-state index is -5.12. The molecule has 1 heterocycles. The van der Waals surface area contributed by atoms with Crippen molar-refractivity contribution in [3.63, 3.8) is 0 Å². The second-order valence-electron chi connectivity index (χ2n) is 17.7. The highest BCUT2D eigenvalue weighted by molar-refractivity contribution is 7.92. The van der Waals surface area contributed by atoms with Gasteiger partial charge in [0, 0.05) is 12.6 Å². The average Bonchev–Trinajstić information content (AvgIpc) is 3.74. The maximum Gasteiger partial charge on any atom is 0.338 e. The minimum absolute atomic E-state index is 0.131. The number of nitrogens with zero attached hydrogens (tertiary/aromatic N) is 1. The predicted octanol–water partition coefficient (Wildman–Crippen LogP) is -3.75. The summed E-state index contributed by atoms with van der Waals surface area (Å²) in [6.45, 7) is 11.5. The normalized spacial score (nSPS) is 21.1. The Morgan fingerprint density at radius 2 is 1.30 bits per heavy atom. The summed E-state index contributed by atoms with van der Waals surface area (Å²) in [5.74, 6) is -26.4. The van der Waals surface area contributed by atoms with Gasteiger partial charge < -0.3 is 72.1 Å². The number of aliphatic hydroxyl groups is 9. The summed E-state index contributed by atoms with van der Waals surface area (Å²) < 4.78 is 26.3. The molecule has 0 aromatic rings. The number of nitrogens with one attached hydrogen (secondary N) is 4. The van der Waals surface area contributed by atoms with Crippen LogP contribution in [0.1, 0.15) is 106 Å². The fourth-order valence-corrected chi connectivity index (χ4v) is 9.04. The second kappa shape index (κ2) is 16.5. The van der Waals surface area contributed by atoms with Gasteiger partial charge in [0.15, 0.2) is 15.9 Å². The van der Waals surface area contributed by atoms with E-state index >= 15 is 0 Å². The maximum absolute atomic E-state index is 14.3. The number of rotatable bonds is 16. The van der Waals surface area contributed by atoms with Gasteiger partial charge in [-0.2, -0.15) is 0 Å². The molecule has 5 amide bonds. The van der Waals surface area contributed by atoms with Gasteiger partial charge in [0.2, 0.25) is 17.6 Å². The Morgan fingerprint density at radius 1 is 0.754 bits per heavy atom. The molecule has 0 radical (unpaired) electrons. The van der Waals surface area contributed by atoms with Crippen molar-refractivity contribution in [2.24, 2.45) is 11.3 Å². The van der Waals surface area contributed by atoms with Gasteiger partial charge in [-0.3, -0.25) is 19.2 Å². The van der Waals surface area contributed by atoms with E-state index in [1.165, 1.54) is 0 Å². The Labute approximate surface area is 331 Å². The first-order chi connectivity index (χ1) is 25.7. The lowest BCUT2D eigenvalue weighted by Crippen LogP contribution is -2.81. The fourth-order valence-electron chi connectivity index (χ4n) is 6.86. The molecule has 328 valence electrons. The molecule has 21 nitrogen and oxygen atoms in total. The Bertz CT molecular complexity index is 1640. The molecular formula is C35H61N5O16S. The van der Waals surface area contributed by atoms with Crippen molar-refractivity contribution in [3.05, 3.63) is 0 Å². The molecule has 1 aliphatic heterocycles. The van der Waals surface area contributed by atoms with Crippen molar-refractivity contribution >= 4 is 39.4 Å². The fraction of sp³-hybridized carbons (Fsp3) is 0.857. The van der Waals surface area contributed by atoms with Gasteiger partial charge in [0.1, 0.15) is 12.1 Å². The summed E-state index contributed by atoms with van der Waals surface area (Å²) in [6.07, 6.45) is 3.61. The van der Waals surface area contributed by atoms with Crippen LogP contribution in [-0.2, 0) is 29.0 Å². The molecule has 3 aliphatic rings. The van der Waals surface area contributed by atoms with E-state index in [1.807, 2.05) is 0 Å². The van der Waals surface area contributed by atoms with Crippen LogP contribution < -0.4 is 21.3 Å². The van der Waals surface area contributed by atoms with E-state index in [2.05, 4.69) is 16.0 Å². The molecule has 3 rings (SSSR count). The van der Waals surface area contributed by atoms with Crippen LogP contribution in [0.25, 0.3) is 0 Å². The molecule has 2 aliphatic carbocycles. The van der Waals surface area contributed by atoms with Gasteiger partial charge >= 0.3 is 17.8 Å². The van der Waals surface area contributed by atoms with Crippen molar-refractivity contribution in [2.45, 2.75) is 164 Å². The van der Waals surface area contributed by atoms with Crippen LogP contribution in [-0.4, -0.2) is 159 Å². The first-order valence-corrected chi connectivity index (χ1v) is 20.6. The Kier molecular flexibility index (Phi) is 14.0. The van der Waals surface area contributed by atoms with Crippen LogP contribution in [0.2, 0.25) is 0 Å². The molecule has 22 heteroatoms. The quantitative estimate of drug-likeness (QED) is 0.0524. The average molecular weight is 840 g/mol. The predicted molar refractivity (Wildman–Crippen MR) is 197 cm³/mol. The number of carbonyl (C=O) groups excluding carboxylic acids is 5. The zero-order chi connectivity index (χ0) is 44.0. The first kappa shape index (κ1) is 48.3. The maximum atomic E-state index is 14.3. The van der Waals surface area contributed by atoms with E-state index in [1.54, 1.807) is 53.8 Å². The number of hydrogen-bond acceptors (Lipinski definition) is 16. The second-order valence-corrected chi connectivity index (χ2v) is 20.3. The van der Waals surface area contributed by atoms with Gasteiger partial charge in [0.05, 0.1) is 16.0 Å². The molecular weight excluding hydrogens is 778 g/mol. The number of urea groups is 1. The van der Waals surface area contributed by atoms with Crippen LogP contribution in [0.5, 0.6) is 0 Å². The van der Waals surface area contributed by atoms with E-state index < -0.39 is 103 Å². The van der Waals surface area contributed by atoms with Crippen molar-refractivity contribution in [2.75, 3.05) is 12.3 Å². The lowest BCUT2D eigenvalue weighted by molar-refractivity contribution is -0.544. The Hall–Kier alpha value is -3.06. The van der Waals surface area contributed by atoms with Gasteiger partial charge in [-0.05, 0) is 63.7 Å². The molecule has 0 spiro atoms. The number of ketones is 1. The van der Waals surface area contributed by atoms with E-state index in [9.17, 15) is 78.3 Å². The highest BCUT2D eigenvalue weighted by Gasteiger charge is 2.74. The highest BCUT2D eigenvalue weighted by Crippen LogP contribution is 2.37. The topological polar surface area (TPSA) is 353 Å². The van der Waals surface area contributed by atoms with Crippen molar-refractivity contribution < 1.29 is 78.3 Å². The molecule has 0 bridgehead atoms. The third kappa shape index (κ3) is 10.0. The van der Waals surface area contributed by atoms with E-state index in [-0.39, 0.29) is 31.1 Å². The van der Waals surface area contributed by atoms with Gasteiger partial charge in [-0.15, -0.1) is 0 Å². The molecule has 2 saturated carbocycles. The minimum Gasteiger partial charge on any atom is -0.359 e. The number of Topliss-reactive ketones (excluding diaryl/α,β-unsaturated/α-hetero) is 1. The molecule has 0 aromatic heterocycles. The molecule has 1 saturated heterocycles. The summed E-state index contributed by atoms with van der Waals surface area (Å²) >= 11 is 0. The zero-order valence-corrected chi connectivity index (χ0v) is 34.2. The van der Waals surface area contributed by atoms with E-state index in [0.717, 1.165) is 11.3 Å². The molecule has 3 fully saturated rings. The number of amides is 5. The smallest absolute Gasteiger partial charge is 0.338 e. The summed E-state index contributed by atoms with van der Waals surface area (Å²) in [5.41, 5.74) is -2.21. The highest BCUT2D eigenvalue weighted by atomic mass is 32.2. The summed E-state index contributed by atoms with van der Waals surface area (Å²) in [4.78, 5) is 68.8. The van der Waals surface area contributed by atoms with E-state index in [0.29, 0.717) is 38.5 Å². The number of sulfone groups is 1. The molecule has 13 N–H and O–H groups in total. The molecule has 57 heavy (non-hydrogen) atoms. The Balaban J connectivity index is 1.93. The number of hydrogen-bond donors (Lipinski definition) is 13. The largest absolute Gasteiger partial charge is 0.359 e. The Morgan fingerprint density at radius 3 is 1.77 bits per heavy atom. The lowest BCUT2D eigenvalue weighted by atomic mass is 9.83.